The van der Waals surface area contributed by atoms with Crippen LogP contribution in [0, 0.1) is 19.8 Å². The second-order valence-electron chi connectivity index (χ2n) is 8.88. The fraction of sp³-hybridized carbons (Fsp3) is 0.400. The summed E-state index contributed by atoms with van der Waals surface area (Å²) >= 11 is 0. The maximum atomic E-state index is 11.7. The van der Waals surface area contributed by atoms with Crippen molar-refractivity contribution in [1.82, 2.24) is 0 Å². The molecule has 2 rings (SSSR count). The third-order valence-electron chi connectivity index (χ3n) is 6.24. The third kappa shape index (κ3) is 9.72. The van der Waals surface area contributed by atoms with Crippen LogP contribution in [0.1, 0.15) is 36.5 Å². The number of ether oxygens (including phenoxy) is 6. The highest BCUT2D eigenvalue weighted by Crippen LogP contribution is 2.40. The largest absolute Gasteiger partial charge is 0.496 e. The van der Waals surface area contributed by atoms with E-state index in [1.165, 1.54) is 48.7 Å². The van der Waals surface area contributed by atoms with Gasteiger partial charge < -0.3 is 38.6 Å². The van der Waals surface area contributed by atoms with Gasteiger partial charge in [0.2, 0.25) is 5.75 Å². The predicted octanol–water partition coefficient (Wildman–Crippen LogP) is 4.11. The summed E-state index contributed by atoms with van der Waals surface area (Å²) in [7, 11) is 8.41. The van der Waals surface area contributed by atoms with Crippen LogP contribution in [0.4, 0.5) is 0 Å². The van der Waals surface area contributed by atoms with Crippen LogP contribution in [-0.2, 0) is 35.1 Å². The lowest BCUT2D eigenvalue weighted by molar-refractivity contribution is -0.150. The number of carboxylic acid groups (broad SMARTS) is 2. The van der Waals surface area contributed by atoms with Crippen LogP contribution in [0.2, 0.25) is 0 Å². The van der Waals surface area contributed by atoms with Gasteiger partial charge in [0, 0.05) is 12.6 Å². The van der Waals surface area contributed by atoms with Gasteiger partial charge in [0.15, 0.2) is 11.5 Å². The molecule has 0 aliphatic heterocycles. The van der Waals surface area contributed by atoms with Crippen LogP contribution in [0.5, 0.6) is 23.0 Å². The molecule has 0 amide bonds. The van der Waals surface area contributed by atoms with E-state index in [2.05, 4.69) is 9.47 Å². The average Bonchev–Trinajstić information content (AvgIpc) is 2.96. The molecule has 0 saturated carbocycles. The molecular formula is C30H40O12. The normalized spacial score (nSPS) is 11.3. The number of hydrogen-bond donors (Lipinski definition) is 2. The molecule has 12 nitrogen and oxygen atoms in total. The lowest BCUT2D eigenvalue weighted by Gasteiger charge is -2.18. The number of aliphatic carboxylic acids is 2. The first-order valence-electron chi connectivity index (χ1n) is 12.6. The number of benzene rings is 2. The average molecular weight is 593 g/mol. The molecule has 0 unspecified atom stereocenters. The topological polar surface area (TPSA) is 164 Å². The van der Waals surface area contributed by atoms with Crippen LogP contribution >= 0.6 is 0 Å². The van der Waals surface area contributed by atoms with Gasteiger partial charge in [0.25, 0.3) is 0 Å². The highest BCUT2D eigenvalue weighted by molar-refractivity contribution is 5.98. The molecule has 0 heterocycles. The van der Waals surface area contributed by atoms with Crippen LogP contribution in [0.15, 0.2) is 29.8 Å². The Morgan fingerprint density at radius 2 is 1.40 bits per heavy atom. The molecule has 0 radical (unpaired) electrons. The Morgan fingerprint density at radius 1 is 0.786 bits per heavy atom. The van der Waals surface area contributed by atoms with E-state index in [9.17, 15) is 19.2 Å². The quantitative estimate of drug-likeness (QED) is 0.253. The van der Waals surface area contributed by atoms with Crippen molar-refractivity contribution in [2.24, 2.45) is 5.92 Å². The Labute approximate surface area is 246 Å². The molecule has 0 saturated heterocycles. The monoisotopic (exact) mass is 592 g/mol. The molecule has 12 heteroatoms. The second-order valence-corrected chi connectivity index (χ2v) is 8.88. The fourth-order valence-electron chi connectivity index (χ4n) is 4.07. The highest BCUT2D eigenvalue weighted by atomic mass is 16.5. The summed E-state index contributed by atoms with van der Waals surface area (Å²) in [5, 5.41) is 17.8. The van der Waals surface area contributed by atoms with Gasteiger partial charge in [-0.3, -0.25) is 14.4 Å². The van der Waals surface area contributed by atoms with Gasteiger partial charge in [0.05, 0.1) is 61.4 Å². The van der Waals surface area contributed by atoms with Crippen molar-refractivity contribution < 1.29 is 59.2 Å². The summed E-state index contributed by atoms with van der Waals surface area (Å²) < 4.78 is 30.4. The summed E-state index contributed by atoms with van der Waals surface area (Å²) in [5.74, 6) is -2.32. The van der Waals surface area contributed by atoms with Gasteiger partial charge in [0.1, 0.15) is 5.75 Å². The van der Waals surface area contributed by atoms with Crippen LogP contribution in [-0.4, -0.2) is 76.7 Å². The smallest absolute Gasteiger partial charge is 0.334 e. The number of esters is 2. The summed E-state index contributed by atoms with van der Waals surface area (Å²) in [6.45, 7) is 3.85. The number of aryl methyl sites for hydroxylation is 1. The summed E-state index contributed by atoms with van der Waals surface area (Å²) in [6.07, 6.45) is 0.917. The van der Waals surface area contributed by atoms with E-state index in [-0.39, 0.29) is 19.8 Å². The van der Waals surface area contributed by atoms with Gasteiger partial charge in [-0.2, -0.15) is 0 Å². The van der Waals surface area contributed by atoms with Gasteiger partial charge in [-0.15, -0.1) is 0 Å². The molecule has 1 atom stereocenters. The first-order valence-corrected chi connectivity index (χ1v) is 12.6. The Bertz CT molecular complexity index is 1300. The van der Waals surface area contributed by atoms with Crippen molar-refractivity contribution in [3.63, 3.8) is 0 Å². The maximum Gasteiger partial charge on any atom is 0.334 e. The molecule has 42 heavy (non-hydrogen) atoms. The molecule has 2 aromatic carbocycles. The minimum absolute atomic E-state index is 0. The number of carboxylic acids is 2. The van der Waals surface area contributed by atoms with E-state index in [1.54, 1.807) is 18.2 Å². The standard InChI is InChI=1S/C15H20O7.C15H18O5.H2/c1-19-11-6-5-9(13(20-2)14(11)21-3)7-10(8-12(16)17)15(18)22-4;1-9-5-6-11(14(19-3)10(9)2)7-12(8-13(16)17)15(18)20-4;/h5-6,10H,7-8H2,1-4H3,(H,16,17);5-7H,8H2,1-4H3,(H,16,17);1H/b;12-7+;/t10-;;/m1../s1. The minimum atomic E-state index is -1.09. The van der Waals surface area contributed by atoms with E-state index in [0.29, 0.717) is 34.1 Å². The van der Waals surface area contributed by atoms with Crippen molar-refractivity contribution in [1.29, 1.82) is 0 Å². The molecule has 2 N–H and O–H groups in total. The van der Waals surface area contributed by atoms with Crippen molar-refractivity contribution in [3.8, 4) is 23.0 Å². The molecule has 0 aromatic heterocycles. The van der Waals surface area contributed by atoms with Gasteiger partial charge in [-0.1, -0.05) is 18.2 Å². The Balaban J connectivity index is 0.000000805. The first-order chi connectivity index (χ1) is 19.9. The molecule has 0 spiro atoms. The zero-order chi connectivity index (χ0) is 32.0. The number of carbonyl (C=O) groups is 4. The van der Waals surface area contributed by atoms with E-state index in [0.717, 1.165) is 11.1 Å². The lowest BCUT2D eigenvalue weighted by atomic mass is 9.95. The predicted molar refractivity (Wildman–Crippen MR) is 154 cm³/mol. The maximum absolute atomic E-state index is 11.7. The van der Waals surface area contributed by atoms with E-state index < -0.39 is 36.2 Å². The van der Waals surface area contributed by atoms with Crippen LogP contribution < -0.4 is 18.9 Å². The zero-order valence-electron chi connectivity index (χ0n) is 25.1. The second kappa shape index (κ2) is 17.2. The zero-order valence-corrected chi connectivity index (χ0v) is 25.1. The SMILES string of the molecule is COC(=O)/C(=C/c1ccc(C)c(C)c1OC)CC(=O)O.COC(=O)[C@@H](CC(=O)O)Cc1ccc(OC)c(OC)c1OC.[HH]. The van der Waals surface area contributed by atoms with Crippen LogP contribution in [0.3, 0.4) is 0 Å². The summed E-state index contributed by atoms with van der Waals surface area (Å²) in [4.78, 5) is 45.1. The van der Waals surface area contributed by atoms with E-state index in [1.807, 2.05) is 19.9 Å². The highest BCUT2D eigenvalue weighted by Gasteiger charge is 2.26. The summed E-state index contributed by atoms with van der Waals surface area (Å²) in [5.41, 5.74) is 3.35. The number of carbonyl (C=O) groups excluding carboxylic acids is 2. The number of rotatable bonds is 13. The molecule has 0 fully saturated rings. The van der Waals surface area contributed by atoms with E-state index in [4.69, 9.17) is 29.2 Å². The minimum Gasteiger partial charge on any atom is -0.496 e. The molecule has 0 aliphatic carbocycles. The molecule has 232 valence electrons. The van der Waals surface area contributed by atoms with Crippen molar-refractivity contribution in [2.75, 3.05) is 42.7 Å². The number of hydrogen-bond acceptors (Lipinski definition) is 10. The van der Waals surface area contributed by atoms with Gasteiger partial charge in [-0.25, -0.2) is 4.79 Å². The van der Waals surface area contributed by atoms with Gasteiger partial charge >= 0.3 is 23.9 Å². The summed E-state index contributed by atoms with van der Waals surface area (Å²) in [6, 6.07) is 7.05. The Kier molecular flexibility index (Phi) is 14.4. The fourth-order valence-corrected chi connectivity index (χ4v) is 4.07. The Hall–Kier alpha value is -4.74. The van der Waals surface area contributed by atoms with Crippen LogP contribution in [0.25, 0.3) is 6.08 Å². The first kappa shape index (κ1) is 35.3. The van der Waals surface area contributed by atoms with E-state index >= 15 is 0 Å². The molecule has 2 aromatic rings. The third-order valence-corrected chi connectivity index (χ3v) is 6.24. The van der Waals surface area contributed by atoms with Crippen molar-refractivity contribution >= 4 is 30.0 Å². The van der Waals surface area contributed by atoms with Gasteiger partial charge in [-0.05, 0) is 49.1 Å². The Morgan fingerprint density at radius 3 is 1.88 bits per heavy atom. The lowest BCUT2D eigenvalue weighted by Crippen LogP contribution is -2.22. The molecule has 0 bridgehead atoms. The number of methoxy groups -OCH3 is 6. The van der Waals surface area contributed by atoms with Crippen molar-refractivity contribution in [3.05, 3.63) is 52.1 Å². The van der Waals surface area contributed by atoms with Crippen molar-refractivity contribution in [2.45, 2.75) is 33.1 Å². The molecular weight excluding hydrogens is 552 g/mol. The molecule has 0 aliphatic rings.